The van der Waals surface area contributed by atoms with Crippen molar-refractivity contribution >= 4 is 17.6 Å². The highest BCUT2D eigenvalue weighted by Gasteiger charge is 2.06. The van der Waals surface area contributed by atoms with Crippen LogP contribution in [0.2, 0.25) is 5.02 Å². The minimum Gasteiger partial charge on any atom is -0.477 e. The third kappa shape index (κ3) is 3.23. The van der Waals surface area contributed by atoms with Gasteiger partial charge in [0.2, 0.25) is 0 Å². The van der Waals surface area contributed by atoms with E-state index in [1.54, 1.807) is 18.2 Å². The highest BCUT2D eigenvalue weighted by Crippen LogP contribution is 2.26. The summed E-state index contributed by atoms with van der Waals surface area (Å²) in [5, 5.41) is 9.45. The van der Waals surface area contributed by atoms with Crippen molar-refractivity contribution in [2.24, 2.45) is 0 Å². The normalized spacial score (nSPS) is 10.2. The lowest BCUT2D eigenvalue weighted by Gasteiger charge is -2.08. The van der Waals surface area contributed by atoms with Gasteiger partial charge in [-0.3, -0.25) is 0 Å². The average molecular weight is 278 g/mol. The Labute approximate surface area is 115 Å². The van der Waals surface area contributed by atoms with Gasteiger partial charge >= 0.3 is 5.97 Å². The number of hydrogen-bond acceptors (Lipinski definition) is 3. The zero-order valence-electron chi connectivity index (χ0n) is 10.3. The Bertz CT molecular complexity index is 596. The van der Waals surface area contributed by atoms with Crippen molar-refractivity contribution in [1.82, 2.24) is 4.98 Å². The van der Waals surface area contributed by atoms with Gasteiger partial charge in [-0.15, -0.1) is 0 Å². The van der Waals surface area contributed by atoms with E-state index < -0.39 is 5.97 Å². The van der Waals surface area contributed by atoms with Gasteiger partial charge < -0.3 is 9.84 Å². The summed E-state index contributed by atoms with van der Waals surface area (Å²) in [5.41, 5.74) is 0.979. The highest BCUT2D eigenvalue weighted by molar-refractivity contribution is 6.31. The van der Waals surface area contributed by atoms with Gasteiger partial charge in [-0.05, 0) is 42.3 Å². The predicted molar refractivity (Wildman–Crippen MR) is 72.1 cm³/mol. The Morgan fingerprint density at radius 2 is 2.05 bits per heavy atom. The van der Waals surface area contributed by atoms with Crippen LogP contribution in [-0.2, 0) is 6.42 Å². The molecule has 0 saturated carbocycles. The molecule has 1 aromatic heterocycles. The SMILES string of the molecule is CCc1cc(Oc2ccc(C(=O)O)nc2)ccc1Cl. The summed E-state index contributed by atoms with van der Waals surface area (Å²) in [7, 11) is 0. The summed E-state index contributed by atoms with van der Waals surface area (Å²) in [6.07, 6.45) is 2.19. The largest absolute Gasteiger partial charge is 0.477 e. The van der Waals surface area contributed by atoms with Crippen molar-refractivity contribution in [3.8, 4) is 11.5 Å². The van der Waals surface area contributed by atoms with Crippen LogP contribution < -0.4 is 4.74 Å². The summed E-state index contributed by atoms with van der Waals surface area (Å²) in [4.78, 5) is 14.5. The molecule has 0 aliphatic rings. The molecule has 1 aromatic carbocycles. The minimum absolute atomic E-state index is 0.0160. The lowest BCUT2D eigenvalue weighted by Crippen LogP contribution is -1.99. The molecule has 98 valence electrons. The maximum atomic E-state index is 10.7. The number of aromatic nitrogens is 1. The first kappa shape index (κ1) is 13.4. The summed E-state index contributed by atoms with van der Waals surface area (Å²) in [5.74, 6) is 0.0619. The van der Waals surface area contributed by atoms with Crippen LogP contribution in [0.3, 0.4) is 0 Å². The van der Waals surface area contributed by atoms with Crippen LogP contribution in [0, 0.1) is 0 Å². The number of aryl methyl sites for hydroxylation is 1. The fraction of sp³-hybridized carbons (Fsp3) is 0.143. The summed E-state index contributed by atoms with van der Waals surface area (Å²) < 4.78 is 5.60. The topological polar surface area (TPSA) is 59.4 Å². The van der Waals surface area contributed by atoms with E-state index in [2.05, 4.69) is 4.98 Å². The number of aromatic carboxylic acids is 1. The summed E-state index contributed by atoms with van der Waals surface area (Å²) >= 11 is 6.02. The van der Waals surface area contributed by atoms with Crippen LogP contribution in [0.4, 0.5) is 0 Å². The Morgan fingerprint density at radius 1 is 1.32 bits per heavy atom. The average Bonchev–Trinajstić information content (AvgIpc) is 2.41. The Morgan fingerprint density at radius 3 is 2.63 bits per heavy atom. The number of hydrogen-bond donors (Lipinski definition) is 1. The molecule has 0 atom stereocenters. The molecule has 0 spiro atoms. The van der Waals surface area contributed by atoms with E-state index in [0.29, 0.717) is 16.5 Å². The van der Waals surface area contributed by atoms with Gasteiger partial charge in [0, 0.05) is 5.02 Å². The molecule has 1 N–H and O–H groups in total. The van der Waals surface area contributed by atoms with Gasteiger partial charge in [0.25, 0.3) is 0 Å². The monoisotopic (exact) mass is 277 g/mol. The van der Waals surface area contributed by atoms with Gasteiger partial charge in [-0.25, -0.2) is 9.78 Å². The second-order valence-corrected chi connectivity index (χ2v) is 4.30. The number of benzene rings is 1. The molecule has 0 radical (unpaired) electrons. The molecule has 19 heavy (non-hydrogen) atoms. The number of carboxylic acid groups (broad SMARTS) is 1. The van der Waals surface area contributed by atoms with E-state index in [1.807, 2.05) is 13.0 Å². The van der Waals surface area contributed by atoms with Crippen LogP contribution in [0.25, 0.3) is 0 Å². The lowest BCUT2D eigenvalue weighted by atomic mass is 10.1. The van der Waals surface area contributed by atoms with E-state index >= 15 is 0 Å². The van der Waals surface area contributed by atoms with Gasteiger partial charge in [0.05, 0.1) is 6.20 Å². The highest BCUT2D eigenvalue weighted by atomic mass is 35.5. The maximum absolute atomic E-state index is 10.7. The molecule has 0 amide bonds. The van der Waals surface area contributed by atoms with Crippen LogP contribution in [0.1, 0.15) is 23.0 Å². The van der Waals surface area contributed by atoms with Crippen LogP contribution in [-0.4, -0.2) is 16.1 Å². The number of nitrogens with zero attached hydrogens (tertiary/aromatic N) is 1. The van der Waals surface area contributed by atoms with Gasteiger partial charge in [0.15, 0.2) is 0 Å². The molecule has 0 fully saturated rings. The Kier molecular flexibility index (Phi) is 4.02. The van der Waals surface area contributed by atoms with Crippen molar-refractivity contribution in [3.63, 3.8) is 0 Å². The van der Waals surface area contributed by atoms with Gasteiger partial charge in [-0.2, -0.15) is 0 Å². The number of carbonyl (C=O) groups is 1. The van der Waals surface area contributed by atoms with Crippen molar-refractivity contribution in [2.45, 2.75) is 13.3 Å². The van der Waals surface area contributed by atoms with Crippen molar-refractivity contribution < 1.29 is 14.6 Å². The summed E-state index contributed by atoms with van der Waals surface area (Å²) in [6.45, 7) is 2.01. The van der Waals surface area contributed by atoms with Crippen molar-refractivity contribution in [2.75, 3.05) is 0 Å². The number of rotatable bonds is 4. The zero-order valence-corrected chi connectivity index (χ0v) is 11.0. The lowest BCUT2D eigenvalue weighted by molar-refractivity contribution is 0.0690. The first-order chi connectivity index (χ1) is 9.10. The molecule has 4 nitrogen and oxygen atoms in total. The Balaban J connectivity index is 2.19. The molecule has 0 unspecified atom stereocenters. The van der Waals surface area contributed by atoms with E-state index in [-0.39, 0.29) is 5.69 Å². The van der Waals surface area contributed by atoms with Crippen molar-refractivity contribution in [3.05, 3.63) is 52.8 Å². The second kappa shape index (κ2) is 5.71. The molecular weight excluding hydrogens is 266 g/mol. The molecule has 0 aliphatic carbocycles. The smallest absolute Gasteiger partial charge is 0.354 e. The van der Waals surface area contributed by atoms with E-state index in [9.17, 15) is 4.79 Å². The third-order valence-corrected chi connectivity index (χ3v) is 2.96. The molecule has 0 bridgehead atoms. The fourth-order valence-corrected chi connectivity index (χ4v) is 1.84. The fourth-order valence-electron chi connectivity index (χ4n) is 1.59. The number of pyridine rings is 1. The number of halogens is 1. The standard InChI is InChI=1S/C14H12ClNO3/c1-2-9-7-10(3-5-12(9)15)19-11-4-6-13(14(17)18)16-8-11/h3-8H,2H2,1H3,(H,17,18). The third-order valence-electron chi connectivity index (χ3n) is 2.59. The predicted octanol–water partition coefficient (Wildman–Crippen LogP) is 3.79. The summed E-state index contributed by atoms with van der Waals surface area (Å²) in [6, 6.07) is 8.35. The van der Waals surface area contributed by atoms with Gasteiger partial charge in [-0.1, -0.05) is 18.5 Å². The van der Waals surface area contributed by atoms with E-state index in [4.69, 9.17) is 21.4 Å². The van der Waals surface area contributed by atoms with Crippen LogP contribution >= 0.6 is 11.6 Å². The second-order valence-electron chi connectivity index (χ2n) is 3.89. The van der Waals surface area contributed by atoms with Crippen molar-refractivity contribution in [1.29, 1.82) is 0 Å². The first-order valence-corrected chi connectivity index (χ1v) is 6.13. The number of ether oxygens (including phenoxy) is 1. The van der Waals surface area contributed by atoms with Crippen LogP contribution in [0.5, 0.6) is 11.5 Å². The molecular formula is C14H12ClNO3. The maximum Gasteiger partial charge on any atom is 0.354 e. The zero-order chi connectivity index (χ0) is 13.8. The van der Waals surface area contributed by atoms with E-state index in [1.165, 1.54) is 12.3 Å². The first-order valence-electron chi connectivity index (χ1n) is 5.75. The quantitative estimate of drug-likeness (QED) is 0.924. The van der Waals surface area contributed by atoms with Gasteiger partial charge in [0.1, 0.15) is 17.2 Å². The molecule has 5 heteroatoms. The Hall–Kier alpha value is -2.07. The molecule has 2 rings (SSSR count). The molecule has 2 aromatic rings. The minimum atomic E-state index is -1.06. The number of carboxylic acids is 1. The molecule has 0 saturated heterocycles. The molecule has 1 heterocycles. The molecule has 0 aliphatic heterocycles. The van der Waals surface area contributed by atoms with E-state index in [0.717, 1.165) is 12.0 Å². The van der Waals surface area contributed by atoms with Crippen LogP contribution in [0.15, 0.2) is 36.5 Å².